The molecule has 5 heteroatoms. The van der Waals surface area contributed by atoms with Gasteiger partial charge in [0.2, 0.25) is 0 Å². The fraction of sp³-hybridized carbons (Fsp3) is 0.200. The lowest BCUT2D eigenvalue weighted by Gasteiger charge is -2.29. The highest BCUT2D eigenvalue weighted by Gasteiger charge is 2.26. The van der Waals surface area contributed by atoms with Gasteiger partial charge in [-0.25, -0.2) is 9.59 Å². The lowest BCUT2D eigenvalue weighted by molar-refractivity contribution is -0.135. The number of benzene rings is 1. The smallest absolute Gasteiger partial charge is 0.340 e. The van der Waals surface area contributed by atoms with Crippen molar-refractivity contribution in [2.45, 2.75) is 0 Å². The maximum Gasteiger partial charge on any atom is 0.340 e. The molecule has 0 aliphatic carbocycles. The first-order valence-corrected chi connectivity index (χ1v) is 6.01. The van der Waals surface area contributed by atoms with E-state index in [1.807, 2.05) is 24.3 Å². The largest absolute Gasteiger partial charge is 0.466 e. The number of methoxy groups -OCH3 is 2. The van der Waals surface area contributed by atoms with Crippen LogP contribution in [0.5, 0.6) is 0 Å². The summed E-state index contributed by atoms with van der Waals surface area (Å²) >= 11 is 0. The molecule has 104 valence electrons. The van der Waals surface area contributed by atoms with Gasteiger partial charge in [0.15, 0.2) is 0 Å². The highest BCUT2D eigenvalue weighted by molar-refractivity contribution is 6.04. The number of fused-ring (bicyclic) bond motifs is 1. The molecular weight excluding hydrogens is 258 g/mol. The second-order valence-electron chi connectivity index (χ2n) is 4.22. The first-order valence-electron chi connectivity index (χ1n) is 6.01. The van der Waals surface area contributed by atoms with Crippen molar-refractivity contribution in [1.29, 1.82) is 0 Å². The lowest BCUT2D eigenvalue weighted by atomic mass is 9.99. The zero-order valence-corrected chi connectivity index (χ0v) is 11.5. The van der Waals surface area contributed by atoms with Crippen LogP contribution in [0, 0.1) is 0 Å². The van der Waals surface area contributed by atoms with Gasteiger partial charge in [-0.3, -0.25) is 0 Å². The molecule has 0 bridgehead atoms. The molecule has 0 spiro atoms. The van der Waals surface area contributed by atoms with Gasteiger partial charge in [0, 0.05) is 18.8 Å². The average Bonchev–Trinajstić information content (AvgIpc) is 2.48. The minimum atomic E-state index is -0.527. The van der Waals surface area contributed by atoms with E-state index in [1.165, 1.54) is 20.3 Å². The number of hydrogen-bond acceptors (Lipinski definition) is 5. The average molecular weight is 273 g/mol. The first kappa shape index (κ1) is 13.9. The van der Waals surface area contributed by atoms with E-state index < -0.39 is 11.9 Å². The van der Waals surface area contributed by atoms with Crippen LogP contribution >= 0.6 is 0 Å². The molecule has 20 heavy (non-hydrogen) atoms. The van der Waals surface area contributed by atoms with Crippen LogP contribution < -0.4 is 4.90 Å². The summed E-state index contributed by atoms with van der Waals surface area (Å²) in [5.74, 6) is -1.03. The molecule has 1 aromatic rings. The monoisotopic (exact) mass is 273 g/mol. The normalized spacial score (nSPS) is 15.4. The lowest BCUT2D eigenvalue weighted by Crippen LogP contribution is -2.26. The summed E-state index contributed by atoms with van der Waals surface area (Å²) in [5, 5.41) is 0. The summed E-state index contributed by atoms with van der Waals surface area (Å²) in [6, 6.07) is 7.57. The van der Waals surface area contributed by atoms with E-state index in [9.17, 15) is 9.59 Å². The van der Waals surface area contributed by atoms with Crippen molar-refractivity contribution in [3.05, 3.63) is 47.2 Å². The summed E-state index contributed by atoms with van der Waals surface area (Å²) < 4.78 is 9.40. The number of carbonyl (C=O) groups excluding carboxylic acids is 2. The van der Waals surface area contributed by atoms with Crippen LogP contribution in [-0.4, -0.2) is 33.2 Å². The van der Waals surface area contributed by atoms with Crippen LogP contribution in [-0.2, 0) is 19.1 Å². The standard InChI is InChI=1S/C15H15NO4/c1-16-12-7-5-4-6-10(12)8-11(15(18)20-3)13(16)9-14(17)19-2/h4-9H,1-3H3. The Labute approximate surface area is 117 Å². The molecule has 1 aliphatic heterocycles. The fourth-order valence-electron chi connectivity index (χ4n) is 2.07. The molecule has 5 nitrogen and oxygen atoms in total. The van der Waals surface area contributed by atoms with Crippen LogP contribution in [0.4, 0.5) is 5.69 Å². The van der Waals surface area contributed by atoms with Gasteiger partial charge >= 0.3 is 11.9 Å². The zero-order chi connectivity index (χ0) is 14.7. The van der Waals surface area contributed by atoms with Crippen molar-refractivity contribution in [1.82, 2.24) is 0 Å². The molecule has 0 N–H and O–H groups in total. The Morgan fingerprint density at radius 3 is 2.50 bits per heavy atom. The van der Waals surface area contributed by atoms with Crippen molar-refractivity contribution in [3.63, 3.8) is 0 Å². The Morgan fingerprint density at radius 2 is 1.85 bits per heavy atom. The van der Waals surface area contributed by atoms with Crippen LogP contribution in [0.15, 0.2) is 41.6 Å². The van der Waals surface area contributed by atoms with E-state index in [0.29, 0.717) is 11.3 Å². The maximum absolute atomic E-state index is 11.9. The number of para-hydroxylation sites is 1. The molecule has 0 saturated carbocycles. The number of anilines is 1. The Morgan fingerprint density at radius 1 is 1.15 bits per heavy atom. The van der Waals surface area contributed by atoms with Gasteiger partial charge in [0.1, 0.15) is 0 Å². The van der Waals surface area contributed by atoms with Gasteiger partial charge in [-0.15, -0.1) is 0 Å². The summed E-state index contributed by atoms with van der Waals surface area (Å²) in [4.78, 5) is 25.1. The molecular formula is C15H15NO4. The predicted molar refractivity (Wildman–Crippen MR) is 74.9 cm³/mol. The Kier molecular flexibility index (Phi) is 3.89. The third-order valence-electron chi connectivity index (χ3n) is 3.10. The first-order chi connectivity index (χ1) is 9.58. The van der Waals surface area contributed by atoms with Crippen molar-refractivity contribution < 1.29 is 19.1 Å². The zero-order valence-electron chi connectivity index (χ0n) is 11.5. The van der Waals surface area contributed by atoms with Crippen LogP contribution in [0.2, 0.25) is 0 Å². The Balaban J connectivity index is 2.59. The molecule has 0 aromatic heterocycles. The molecule has 1 aromatic carbocycles. The Hall–Kier alpha value is -2.56. The number of rotatable bonds is 2. The summed E-state index contributed by atoms with van der Waals surface area (Å²) in [6.45, 7) is 0. The van der Waals surface area contributed by atoms with Gasteiger partial charge in [0.05, 0.1) is 25.5 Å². The van der Waals surface area contributed by atoms with Crippen LogP contribution in [0.25, 0.3) is 6.08 Å². The molecule has 0 fully saturated rings. The highest BCUT2D eigenvalue weighted by atomic mass is 16.5. The SMILES string of the molecule is COC(=O)C=C1C(C(=O)OC)=Cc2ccccc2N1C. The minimum absolute atomic E-state index is 0.319. The third kappa shape index (κ3) is 2.42. The number of esters is 2. The molecule has 2 rings (SSSR count). The minimum Gasteiger partial charge on any atom is -0.466 e. The second-order valence-corrected chi connectivity index (χ2v) is 4.22. The van der Waals surface area contributed by atoms with E-state index in [-0.39, 0.29) is 0 Å². The van der Waals surface area contributed by atoms with E-state index in [4.69, 9.17) is 4.74 Å². The van der Waals surface area contributed by atoms with Crippen LogP contribution in [0.1, 0.15) is 5.56 Å². The molecule has 0 amide bonds. The molecule has 1 aliphatic rings. The fourth-order valence-corrected chi connectivity index (χ4v) is 2.07. The van der Waals surface area contributed by atoms with E-state index in [2.05, 4.69) is 4.74 Å². The third-order valence-corrected chi connectivity index (χ3v) is 3.10. The number of hydrogen-bond donors (Lipinski definition) is 0. The number of ether oxygens (including phenoxy) is 2. The van der Waals surface area contributed by atoms with E-state index in [0.717, 1.165) is 11.3 Å². The van der Waals surface area contributed by atoms with Crippen molar-refractivity contribution in [2.75, 3.05) is 26.2 Å². The van der Waals surface area contributed by atoms with Gasteiger partial charge in [-0.2, -0.15) is 0 Å². The van der Waals surface area contributed by atoms with Crippen molar-refractivity contribution >= 4 is 23.7 Å². The van der Waals surface area contributed by atoms with Gasteiger partial charge < -0.3 is 14.4 Å². The van der Waals surface area contributed by atoms with Crippen molar-refractivity contribution in [3.8, 4) is 0 Å². The van der Waals surface area contributed by atoms with Gasteiger partial charge in [0.25, 0.3) is 0 Å². The van der Waals surface area contributed by atoms with E-state index >= 15 is 0 Å². The number of nitrogens with zero attached hydrogens (tertiary/aromatic N) is 1. The molecule has 0 saturated heterocycles. The predicted octanol–water partition coefficient (Wildman–Crippen LogP) is 1.75. The topological polar surface area (TPSA) is 55.8 Å². The number of likely N-dealkylation sites (N-methyl/N-ethyl adjacent to an activating group) is 1. The molecule has 0 radical (unpaired) electrons. The van der Waals surface area contributed by atoms with Crippen LogP contribution in [0.3, 0.4) is 0 Å². The maximum atomic E-state index is 11.9. The molecule has 0 unspecified atom stereocenters. The summed E-state index contributed by atoms with van der Waals surface area (Å²) in [5.41, 5.74) is 2.55. The van der Waals surface area contributed by atoms with Crippen molar-refractivity contribution in [2.24, 2.45) is 0 Å². The van der Waals surface area contributed by atoms with Gasteiger partial charge in [-0.05, 0) is 17.7 Å². The number of carbonyl (C=O) groups is 2. The quantitative estimate of drug-likeness (QED) is 0.607. The second kappa shape index (κ2) is 5.61. The molecule has 0 atom stereocenters. The van der Waals surface area contributed by atoms with Gasteiger partial charge in [-0.1, -0.05) is 18.2 Å². The summed E-state index contributed by atoms with van der Waals surface area (Å²) in [7, 11) is 4.38. The molecule has 1 heterocycles. The highest BCUT2D eigenvalue weighted by Crippen LogP contribution is 2.34. The summed E-state index contributed by atoms with van der Waals surface area (Å²) in [6.07, 6.45) is 2.98. The Bertz CT molecular complexity index is 616. The van der Waals surface area contributed by atoms with E-state index in [1.54, 1.807) is 18.0 Å².